The second-order valence-electron chi connectivity index (χ2n) is 6.46. The van der Waals surface area contributed by atoms with Crippen LogP contribution in [0.1, 0.15) is 17.7 Å². The van der Waals surface area contributed by atoms with Gasteiger partial charge in [-0.2, -0.15) is 0 Å². The Bertz CT molecular complexity index is 935. The highest BCUT2D eigenvalue weighted by molar-refractivity contribution is 5.48. The van der Waals surface area contributed by atoms with Gasteiger partial charge in [0.25, 0.3) is 0 Å². The van der Waals surface area contributed by atoms with Crippen LogP contribution in [0.25, 0.3) is 11.8 Å². The highest BCUT2D eigenvalue weighted by atomic mass is 16.7. The van der Waals surface area contributed by atoms with E-state index in [0.29, 0.717) is 19.0 Å². The fraction of sp³-hybridized carbons (Fsp3) is 0.350. The number of fused-ring (bicyclic) bond motifs is 2. The Kier molecular flexibility index (Phi) is 4.09. The van der Waals surface area contributed by atoms with Crippen LogP contribution in [0, 0.1) is 6.92 Å². The van der Waals surface area contributed by atoms with E-state index in [0.717, 1.165) is 34.9 Å². The average molecular weight is 340 g/mol. The van der Waals surface area contributed by atoms with Crippen molar-refractivity contribution in [1.82, 2.24) is 0 Å². The van der Waals surface area contributed by atoms with Crippen LogP contribution in [0.5, 0.6) is 11.5 Å². The summed E-state index contributed by atoms with van der Waals surface area (Å²) in [5, 5.41) is 12.4. The molecular formula is C20H22NO4+. The number of hydrogen-bond donors (Lipinski definition) is 1. The molecule has 130 valence electrons. The van der Waals surface area contributed by atoms with Crippen LogP contribution in [0.15, 0.2) is 30.5 Å². The molecule has 0 saturated heterocycles. The quantitative estimate of drug-likeness (QED) is 0.848. The number of aryl methyl sites for hydroxylation is 3. The molecule has 1 aliphatic carbocycles. The van der Waals surface area contributed by atoms with Gasteiger partial charge in [0.2, 0.25) is 6.79 Å². The largest absolute Gasteiger partial charge is 0.509 e. The lowest BCUT2D eigenvalue weighted by atomic mass is 10.0. The number of ether oxygens (including phenoxy) is 3. The molecule has 0 bridgehead atoms. The molecule has 0 saturated carbocycles. The van der Waals surface area contributed by atoms with Crippen LogP contribution in [-0.2, 0) is 17.7 Å². The number of rotatable bonds is 4. The van der Waals surface area contributed by atoms with E-state index in [-0.39, 0.29) is 6.10 Å². The lowest BCUT2D eigenvalue weighted by molar-refractivity contribution is -0.703. The Hall–Kier alpha value is -2.53. The summed E-state index contributed by atoms with van der Waals surface area (Å²) in [6.45, 7) is 3.21. The highest BCUT2D eigenvalue weighted by Gasteiger charge is 2.20. The molecule has 1 N–H and O–H groups in total. The van der Waals surface area contributed by atoms with Gasteiger partial charge in [-0.15, -0.1) is 0 Å². The van der Waals surface area contributed by atoms with Crippen LogP contribution < -0.4 is 24.5 Å². The summed E-state index contributed by atoms with van der Waals surface area (Å²) >= 11 is 0. The summed E-state index contributed by atoms with van der Waals surface area (Å²) in [6.07, 6.45) is 5.47. The second kappa shape index (κ2) is 6.41. The van der Waals surface area contributed by atoms with Gasteiger partial charge in [0, 0.05) is 26.5 Å². The van der Waals surface area contributed by atoms with Crippen molar-refractivity contribution in [3.8, 4) is 11.5 Å². The van der Waals surface area contributed by atoms with Crippen LogP contribution in [-0.4, -0.2) is 25.1 Å². The lowest BCUT2D eigenvalue weighted by Crippen LogP contribution is -2.48. The molecule has 1 aliphatic heterocycles. The van der Waals surface area contributed by atoms with Gasteiger partial charge in [-0.05, 0) is 29.3 Å². The maximum Gasteiger partial charge on any atom is 0.231 e. The van der Waals surface area contributed by atoms with Crippen molar-refractivity contribution in [2.24, 2.45) is 0 Å². The monoisotopic (exact) mass is 340 g/mol. The van der Waals surface area contributed by atoms with Gasteiger partial charge in [0.15, 0.2) is 29.9 Å². The summed E-state index contributed by atoms with van der Waals surface area (Å²) in [7, 11) is 1.63. The molecule has 0 amide bonds. The molecular weight excluding hydrogens is 318 g/mol. The van der Waals surface area contributed by atoms with Crippen molar-refractivity contribution in [3.63, 3.8) is 0 Å². The Balaban J connectivity index is 1.61. The van der Waals surface area contributed by atoms with Gasteiger partial charge < -0.3 is 19.3 Å². The van der Waals surface area contributed by atoms with Crippen molar-refractivity contribution in [1.29, 1.82) is 0 Å². The first-order valence-electron chi connectivity index (χ1n) is 8.50. The van der Waals surface area contributed by atoms with Crippen molar-refractivity contribution in [3.05, 3.63) is 52.2 Å². The first-order valence-corrected chi connectivity index (χ1v) is 8.50. The molecule has 25 heavy (non-hydrogen) atoms. The zero-order valence-electron chi connectivity index (χ0n) is 14.5. The molecule has 1 atom stereocenters. The average Bonchev–Trinajstić information content (AvgIpc) is 3.08. The molecule has 1 aromatic carbocycles. The first-order chi connectivity index (χ1) is 12.2. The molecule has 1 unspecified atom stereocenters. The van der Waals surface area contributed by atoms with Crippen molar-refractivity contribution < 1.29 is 23.9 Å². The minimum atomic E-state index is -0.252. The summed E-state index contributed by atoms with van der Waals surface area (Å²) in [5.41, 5.74) is 2.36. The number of aliphatic hydroxyl groups is 1. The van der Waals surface area contributed by atoms with Crippen LogP contribution >= 0.6 is 0 Å². The van der Waals surface area contributed by atoms with E-state index in [1.54, 1.807) is 7.11 Å². The minimum Gasteiger partial charge on any atom is -0.509 e. The molecule has 2 aromatic rings. The topological polar surface area (TPSA) is 51.8 Å². The molecule has 1 aromatic heterocycles. The summed E-state index contributed by atoms with van der Waals surface area (Å²) < 4.78 is 18.3. The molecule has 2 aliphatic rings. The molecule has 0 spiro atoms. The summed E-state index contributed by atoms with van der Waals surface area (Å²) in [6, 6.07) is 8.19. The van der Waals surface area contributed by atoms with E-state index >= 15 is 0 Å². The maximum absolute atomic E-state index is 10.5. The number of methoxy groups -OCH3 is 1. The fourth-order valence-corrected chi connectivity index (χ4v) is 3.41. The van der Waals surface area contributed by atoms with Crippen LogP contribution in [0.2, 0.25) is 0 Å². The van der Waals surface area contributed by atoms with E-state index in [1.165, 1.54) is 11.3 Å². The van der Waals surface area contributed by atoms with Gasteiger partial charge in [0.1, 0.15) is 11.9 Å². The molecule has 5 nitrogen and oxygen atoms in total. The zero-order valence-corrected chi connectivity index (χ0v) is 14.5. The predicted molar refractivity (Wildman–Crippen MR) is 92.8 cm³/mol. The number of hydrogen-bond acceptors (Lipinski definition) is 4. The third kappa shape index (κ3) is 2.96. The number of pyridine rings is 1. The smallest absolute Gasteiger partial charge is 0.231 e. The third-order valence-corrected chi connectivity index (χ3v) is 4.91. The molecule has 4 rings (SSSR count). The standard InChI is InChI=1S/C20H21NO4/c1-13-9-15-4-6-18(23-2)20(22)16(15)11-21(13)8-7-14-3-5-17-19(10-14)25-12-24-17/h3-5,9-11,18H,6-8,12H2,1-2H3/p+1. The highest BCUT2D eigenvalue weighted by Crippen LogP contribution is 2.32. The number of benzene rings is 1. The van der Waals surface area contributed by atoms with Crippen molar-refractivity contribution >= 4 is 11.8 Å². The fourth-order valence-electron chi connectivity index (χ4n) is 3.41. The van der Waals surface area contributed by atoms with Gasteiger partial charge in [-0.1, -0.05) is 12.1 Å². The van der Waals surface area contributed by atoms with E-state index in [2.05, 4.69) is 29.7 Å². The SMILES string of the molecule is COC1CC=c2cc(C)[n+](CCc3ccc4c(c3)OCO4)cc2=C1O. The molecule has 0 radical (unpaired) electrons. The Labute approximate surface area is 146 Å². The Morgan fingerprint density at radius 1 is 1.24 bits per heavy atom. The summed E-state index contributed by atoms with van der Waals surface area (Å²) in [5.74, 6) is 1.94. The minimum absolute atomic E-state index is 0.252. The van der Waals surface area contributed by atoms with Gasteiger partial charge >= 0.3 is 0 Å². The third-order valence-electron chi connectivity index (χ3n) is 4.91. The van der Waals surface area contributed by atoms with E-state index in [1.807, 2.05) is 18.3 Å². The molecule has 0 fully saturated rings. The van der Waals surface area contributed by atoms with Gasteiger partial charge in [-0.3, -0.25) is 0 Å². The zero-order chi connectivity index (χ0) is 17.4. The molecule has 5 heteroatoms. The van der Waals surface area contributed by atoms with Gasteiger partial charge in [0.05, 0.1) is 5.22 Å². The Morgan fingerprint density at radius 2 is 2.08 bits per heavy atom. The van der Waals surface area contributed by atoms with E-state index in [9.17, 15) is 5.11 Å². The van der Waals surface area contributed by atoms with Crippen LogP contribution in [0.4, 0.5) is 0 Å². The summed E-state index contributed by atoms with van der Waals surface area (Å²) in [4.78, 5) is 0. The normalized spacial score (nSPS) is 18.0. The molecule has 2 heterocycles. The van der Waals surface area contributed by atoms with Crippen molar-refractivity contribution in [2.75, 3.05) is 13.9 Å². The van der Waals surface area contributed by atoms with Crippen LogP contribution in [0.3, 0.4) is 0 Å². The predicted octanol–water partition coefficient (Wildman–Crippen LogP) is 1.12. The number of nitrogens with zero attached hydrogens (tertiary/aromatic N) is 1. The Morgan fingerprint density at radius 3 is 2.92 bits per heavy atom. The second-order valence-corrected chi connectivity index (χ2v) is 6.46. The number of aromatic nitrogens is 1. The maximum atomic E-state index is 10.5. The number of aliphatic hydroxyl groups excluding tert-OH is 1. The first kappa shape index (κ1) is 16.0. The van der Waals surface area contributed by atoms with E-state index in [4.69, 9.17) is 14.2 Å². The van der Waals surface area contributed by atoms with Gasteiger partial charge in [-0.25, -0.2) is 4.57 Å². The van der Waals surface area contributed by atoms with E-state index < -0.39 is 0 Å². The lowest BCUT2D eigenvalue weighted by Gasteiger charge is -2.16. The van der Waals surface area contributed by atoms with Crippen molar-refractivity contribution in [2.45, 2.75) is 32.4 Å².